The van der Waals surface area contributed by atoms with E-state index in [1.165, 1.54) is 12.3 Å². The van der Waals surface area contributed by atoms with Crippen LogP contribution in [0.15, 0.2) is 22.8 Å². The average Bonchev–Trinajstić information content (AvgIpc) is 2.50. The van der Waals surface area contributed by atoms with Gasteiger partial charge < -0.3 is 0 Å². The first kappa shape index (κ1) is 9.51. The molecule has 14 heavy (non-hydrogen) atoms. The zero-order chi connectivity index (χ0) is 10.3. The maximum absolute atomic E-state index is 12.4. The second-order valence-corrected chi connectivity index (χ2v) is 3.55. The summed E-state index contributed by atoms with van der Waals surface area (Å²) in [4.78, 5) is 0. The number of nitrogens with zero attached hydrogens (tertiary/aromatic N) is 1. The number of halogens is 4. The Morgan fingerprint density at radius 2 is 2.00 bits per heavy atom. The largest absolute Gasteiger partial charge is 0.417 e. The second kappa shape index (κ2) is 2.98. The first-order valence-corrected chi connectivity index (χ1v) is 4.48. The molecule has 1 aromatic carbocycles. The van der Waals surface area contributed by atoms with Gasteiger partial charge in [0.15, 0.2) is 0 Å². The summed E-state index contributed by atoms with van der Waals surface area (Å²) in [7, 11) is 0. The van der Waals surface area contributed by atoms with E-state index in [4.69, 9.17) is 0 Å². The topological polar surface area (TPSA) is 28.7 Å². The van der Waals surface area contributed by atoms with E-state index >= 15 is 0 Å². The van der Waals surface area contributed by atoms with E-state index < -0.39 is 11.7 Å². The van der Waals surface area contributed by atoms with Gasteiger partial charge in [0.2, 0.25) is 0 Å². The quantitative estimate of drug-likeness (QED) is 0.777. The Kier molecular flexibility index (Phi) is 2.02. The van der Waals surface area contributed by atoms with Crippen LogP contribution < -0.4 is 0 Å². The summed E-state index contributed by atoms with van der Waals surface area (Å²) >= 11 is 2.92. The number of hydrogen-bond acceptors (Lipinski definition) is 1. The molecule has 0 aliphatic carbocycles. The smallest absolute Gasteiger partial charge is 0.278 e. The molecule has 0 unspecified atom stereocenters. The molecule has 0 radical (unpaired) electrons. The first-order valence-electron chi connectivity index (χ1n) is 3.69. The fraction of sp³-hybridized carbons (Fsp3) is 0.125. The molecule has 0 aliphatic heterocycles. The molecule has 6 heteroatoms. The summed E-state index contributed by atoms with van der Waals surface area (Å²) < 4.78 is 37.3. The number of H-pyrrole nitrogens is 1. The number of alkyl halides is 3. The Balaban J connectivity index is 2.74. The molecule has 0 amide bonds. The van der Waals surface area contributed by atoms with Gasteiger partial charge in [-0.2, -0.15) is 18.3 Å². The van der Waals surface area contributed by atoms with Crippen molar-refractivity contribution in [2.75, 3.05) is 0 Å². The van der Waals surface area contributed by atoms with Crippen molar-refractivity contribution >= 4 is 26.8 Å². The van der Waals surface area contributed by atoms with Gasteiger partial charge in [-0.15, -0.1) is 0 Å². The molecule has 0 spiro atoms. The van der Waals surface area contributed by atoms with Gasteiger partial charge in [-0.05, 0) is 28.1 Å². The standard InChI is InChI=1S/C8H4BrF3N2/c9-7-4-3-13-14-6(4)2-1-5(7)8(10,11)12/h1-3H,(H,13,14). The number of rotatable bonds is 0. The van der Waals surface area contributed by atoms with Crippen molar-refractivity contribution in [3.8, 4) is 0 Å². The predicted octanol–water partition coefficient (Wildman–Crippen LogP) is 3.34. The van der Waals surface area contributed by atoms with Crippen LogP contribution in [0.1, 0.15) is 5.56 Å². The summed E-state index contributed by atoms with van der Waals surface area (Å²) in [5.41, 5.74) is -0.115. The van der Waals surface area contributed by atoms with Crippen LogP contribution in [0.5, 0.6) is 0 Å². The van der Waals surface area contributed by atoms with Crippen molar-refractivity contribution in [3.63, 3.8) is 0 Å². The van der Waals surface area contributed by atoms with E-state index in [-0.39, 0.29) is 4.47 Å². The molecule has 1 heterocycles. The molecule has 0 saturated carbocycles. The molecule has 0 aliphatic rings. The second-order valence-electron chi connectivity index (χ2n) is 2.76. The molecule has 1 N–H and O–H groups in total. The zero-order valence-corrected chi connectivity index (χ0v) is 8.28. The van der Waals surface area contributed by atoms with Crippen LogP contribution in [-0.2, 0) is 6.18 Å². The summed E-state index contributed by atoms with van der Waals surface area (Å²) in [5, 5.41) is 6.69. The van der Waals surface area contributed by atoms with Crippen molar-refractivity contribution in [1.29, 1.82) is 0 Å². The van der Waals surface area contributed by atoms with Crippen molar-refractivity contribution in [1.82, 2.24) is 10.2 Å². The Bertz CT molecular complexity index is 475. The van der Waals surface area contributed by atoms with Gasteiger partial charge in [-0.25, -0.2) is 0 Å². The van der Waals surface area contributed by atoms with Gasteiger partial charge >= 0.3 is 6.18 Å². The molecule has 0 atom stereocenters. The third kappa shape index (κ3) is 1.39. The van der Waals surface area contributed by atoms with Gasteiger partial charge in [0.25, 0.3) is 0 Å². The summed E-state index contributed by atoms with van der Waals surface area (Å²) in [6, 6.07) is 2.38. The molecular formula is C8H4BrF3N2. The summed E-state index contributed by atoms with van der Waals surface area (Å²) in [6.45, 7) is 0. The average molecular weight is 265 g/mol. The number of aromatic amines is 1. The lowest BCUT2D eigenvalue weighted by molar-refractivity contribution is -0.138. The SMILES string of the molecule is FC(F)(F)c1ccc2[nH]ncc2c1Br. The van der Waals surface area contributed by atoms with E-state index in [9.17, 15) is 13.2 Å². The van der Waals surface area contributed by atoms with Crippen molar-refractivity contribution in [2.45, 2.75) is 6.18 Å². The van der Waals surface area contributed by atoms with Gasteiger partial charge in [0, 0.05) is 9.86 Å². The van der Waals surface area contributed by atoms with Crippen molar-refractivity contribution < 1.29 is 13.2 Å². The normalized spacial score (nSPS) is 12.3. The molecule has 0 fully saturated rings. The van der Waals surface area contributed by atoms with Crippen LogP contribution in [-0.4, -0.2) is 10.2 Å². The number of fused-ring (bicyclic) bond motifs is 1. The third-order valence-corrected chi connectivity index (χ3v) is 2.72. The van der Waals surface area contributed by atoms with Crippen LogP contribution in [0.3, 0.4) is 0 Å². The maximum Gasteiger partial charge on any atom is 0.417 e. The van der Waals surface area contributed by atoms with Crippen molar-refractivity contribution in [3.05, 3.63) is 28.4 Å². The highest BCUT2D eigenvalue weighted by molar-refractivity contribution is 9.10. The van der Waals surface area contributed by atoms with E-state index in [1.807, 2.05) is 0 Å². The zero-order valence-electron chi connectivity index (χ0n) is 6.69. The van der Waals surface area contributed by atoms with Gasteiger partial charge in [0.1, 0.15) is 0 Å². The Hall–Kier alpha value is -1.04. The monoisotopic (exact) mass is 264 g/mol. The lowest BCUT2D eigenvalue weighted by Crippen LogP contribution is -2.05. The van der Waals surface area contributed by atoms with Crippen LogP contribution in [0.4, 0.5) is 13.2 Å². The Morgan fingerprint density at radius 1 is 1.29 bits per heavy atom. The number of nitrogens with one attached hydrogen (secondary N) is 1. The summed E-state index contributed by atoms with van der Waals surface area (Å²) in [6.07, 6.45) is -2.99. The molecule has 2 nitrogen and oxygen atoms in total. The molecule has 1 aromatic heterocycles. The van der Waals surface area contributed by atoms with Gasteiger partial charge in [-0.3, -0.25) is 5.10 Å². The van der Waals surface area contributed by atoms with Crippen LogP contribution in [0, 0.1) is 0 Å². The minimum absolute atomic E-state index is 0.0243. The molecule has 0 saturated heterocycles. The minimum Gasteiger partial charge on any atom is -0.278 e. The van der Waals surface area contributed by atoms with E-state index in [0.29, 0.717) is 10.9 Å². The van der Waals surface area contributed by atoms with E-state index in [0.717, 1.165) is 6.07 Å². The fourth-order valence-corrected chi connectivity index (χ4v) is 1.87. The number of aromatic nitrogens is 2. The highest BCUT2D eigenvalue weighted by Gasteiger charge is 2.33. The Morgan fingerprint density at radius 3 is 2.64 bits per heavy atom. The molecular weight excluding hydrogens is 261 g/mol. The first-order chi connectivity index (χ1) is 6.50. The minimum atomic E-state index is -4.34. The number of hydrogen-bond donors (Lipinski definition) is 1. The van der Waals surface area contributed by atoms with Gasteiger partial charge in [-0.1, -0.05) is 0 Å². The van der Waals surface area contributed by atoms with E-state index in [2.05, 4.69) is 26.1 Å². The maximum atomic E-state index is 12.4. The Labute approximate surface area is 85.2 Å². The third-order valence-electron chi connectivity index (χ3n) is 1.86. The van der Waals surface area contributed by atoms with Crippen LogP contribution in [0.2, 0.25) is 0 Å². The predicted molar refractivity (Wildman–Crippen MR) is 48.8 cm³/mol. The van der Waals surface area contributed by atoms with Crippen LogP contribution in [0.25, 0.3) is 10.9 Å². The summed E-state index contributed by atoms with van der Waals surface area (Å²) in [5.74, 6) is 0. The highest BCUT2D eigenvalue weighted by Crippen LogP contribution is 2.37. The fourth-order valence-electron chi connectivity index (χ4n) is 1.20. The lowest BCUT2D eigenvalue weighted by Gasteiger charge is -2.08. The highest BCUT2D eigenvalue weighted by atomic mass is 79.9. The molecule has 0 bridgehead atoms. The number of benzene rings is 1. The molecule has 2 aromatic rings. The van der Waals surface area contributed by atoms with Gasteiger partial charge in [0.05, 0.1) is 17.3 Å². The van der Waals surface area contributed by atoms with E-state index in [1.54, 1.807) is 0 Å². The van der Waals surface area contributed by atoms with Crippen LogP contribution >= 0.6 is 15.9 Å². The lowest BCUT2D eigenvalue weighted by atomic mass is 10.1. The molecule has 2 rings (SSSR count). The van der Waals surface area contributed by atoms with Crippen molar-refractivity contribution in [2.24, 2.45) is 0 Å². The molecule has 74 valence electrons.